The number of aromatic carboxylic acids is 1. The molecule has 4 aromatic rings. The first-order valence-corrected chi connectivity index (χ1v) is 7.70. The zero-order chi connectivity index (χ0) is 17.6. The lowest BCUT2D eigenvalue weighted by atomic mass is 10.1. The molecule has 0 aliphatic carbocycles. The van der Waals surface area contributed by atoms with Crippen LogP contribution in [-0.2, 0) is 0 Å². The second-order valence-electron chi connectivity index (χ2n) is 5.85. The van der Waals surface area contributed by atoms with Gasteiger partial charge in [0, 0.05) is 10.9 Å². The summed E-state index contributed by atoms with van der Waals surface area (Å²) >= 11 is 0. The van der Waals surface area contributed by atoms with E-state index in [0.29, 0.717) is 17.2 Å². The Hall–Kier alpha value is -3.41. The van der Waals surface area contributed by atoms with E-state index in [1.54, 1.807) is 12.1 Å². The largest absolute Gasteiger partial charge is 0.478 e. The minimum Gasteiger partial charge on any atom is -0.478 e. The van der Waals surface area contributed by atoms with E-state index < -0.39 is 5.97 Å². The number of nitrogens with zero attached hydrogens (tertiary/aromatic N) is 2. The molecule has 4 rings (SSSR count). The van der Waals surface area contributed by atoms with E-state index in [4.69, 9.17) is 13.9 Å². The van der Waals surface area contributed by atoms with E-state index in [-0.39, 0.29) is 11.5 Å². The summed E-state index contributed by atoms with van der Waals surface area (Å²) in [7, 11) is 0. The van der Waals surface area contributed by atoms with E-state index in [1.807, 2.05) is 32.0 Å². The summed E-state index contributed by atoms with van der Waals surface area (Å²) in [5, 5.41) is 18.0. The summed E-state index contributed by atoms with van der Waals surface area (Å²) in [6.07, 6.45) is 0. The zero-order valence-electron chi connectivity index (χ0n) is 13.6. The Morgan fingerprint density at radius 2 is 1.60 bits per heavy atom. The number of benzene rings is 2. The van der Waals surface area contributed by atoms with Crippen LogP contribution in [-0.4, -0.2) is 21.3 Å². The van der Waals surface area contributed by atoms with Crippen LogP contribution in [0, 0.1) is 13.8 Å². The van der Waals surface area contributed by atoms with Gasteiger partial charge in [0.05, 0.1) is 5.56 Å². The minimum absolute atomic E-state index is 0.201. The Morgan fingerprint density at radius 3 is 2.28 bits per heavy atom. The van der Waals surface area contributed by atoms with Crippen molar-refractivity contribution in [3.8, 4) is 23.1 Å². The number of furan rings is 1. The van der Waals surface area contributed by atoms with Crippen LogP contribution in [0.5, 0.6) is 0 Å². The Balaban J connectivity index is 1.73. The van der Waals surface area contributed by atoms with Crippen LogP contribution in [0.4, 0.5) is 0 Å². The predicted molar refractivity (Wildman–Crippen MR) is 91.4 cm³/mol. The number of fused-ring (bicyclic) bond motifs is 1. The average Bonchev–Trinajstić information content (AvgIpc) is 3.26. The molecule has 6 heteroatoms. The molecule has 25 heavy (non-hydrogen) atoms. The fourth-order valence-electron chi connectivity index (χ4n) is 2.69. The molecule has 124 valence electrons. The molecule has 0 saturated carbocycles. The van der Waals surface area contributed by atoms with Crippen LogP contribution in [0.25, 0.3) is 34.1 Å². The standard InChI is InChI=1S/C19H14N2O4/c1-10-3-4-11(2)16-14(10)9-15(24-16)18-21-20-17(25-18)12-5-7-13(8-6-12)19(22)23/h3-9H,1-2H3,(H,22,23). The van der Waals surface area contributed by atoms with Crippen LogP contribution in [0.3, 0.4) is 0 Å². The molecule has 6 nitrogen and oxygen atoms in total. The molecule has 0 aliphatic heterocycles. The van der Waals surface area contributed by atoms with Crippen molar-refractivity contribution >= 4 is 16.9 Å². The lowest BCUT2D eigenvalue weighted by Gasteiger charge is -1.96. The number of hydrogen-bond donors (Lipinski definition) is 1. The molecule has 0 aliphatic rings. The molecule has 2 aromatic heterocycles. The number of carboxylic acid groups (broad SMARTS) is 1. The van der Waals surface area contributed by atoms with Crippen molar-refractivity contribution in [2.45, 2.75) is 13.8 Å². The van der Waals surface area contributed by atoms with E-state index in [0.717, 1.165) is 22.1 Å². The first-order valence-electron chi connectivity index (χ1n) is 7.70. The van der Waals surface area contributed by atoms with Crippen molar-refractivity contribution in [3.63, 3.8) is 0 Å². The van der Waals surface area contributed by atoms with Crippen LogP contribution in [0.1, 0.15) is 21.5 Å². The van der Waals surface area contributed by atoms with Crippen molar-refractivity contribution < 1.29 is 18.7 Å². The summed E-state index contributed by atoms with van der Waals surface area (Å²) in [4.78, 5) is 10.9. The number of aromatic nitrogens is 2. The smallest absolute Gasteiger partial charge is 0.335 e. The van der Waals surface area contributed by atoms with Crippen molar-refractivity contribution in [1.82, 2.24) is 10.2 Å². The highest BCUT2D eigenvalue weighted by Crippen LogP contribution is 2.32. The summed E-state index contributed by atoms with van der Waals surface area (Å²) in [5.74, 6) is 0.118. The lowest BCUT2D eigenvalue weighted by molar-refractivity contribution is 0.0697. The highest BCUT2D eigenvalue weighted by Gasteiger charge is 2.16. The van der Waals surface area contributed by atoms with Crippen LogP contribution in [0.2, 0.25) is 0 Å². The van der Waals surface area contributed by atoms with Gasteiger partial charge in [0.1, 0.15) is 5.58 Å². The second kappa shape index (κ2) is 5.59. The fourth-order valence-corrected chi connectivity index (χ4v) is 2.69. The van der Waals surface area contributed by atoms with Gasteiger partial charge >= 0.3 is 5.97 Å². The quantitative estimate of drug-likeness (QED) is 0.595. The molecule has 0 spiro atoms. The Morgan fingerprint density at radius 1 is 0.920 bits per heavy atom. The molecule has 0 fully saturated rings. The van der Waals surface area contributed by atoms with Gasteiger partial charge in [-0.15, -0.1) is 10.2 Å². The summed E-state index contributed by atoms with van der Waals surface area (Å²) in [6, 6.07) is 12.2. The average molecular weight is 334 g/mol. The maximum Gasteiger partial charge on any atom is 0.335 e. The molecule has 1 N–H and O–H groups in total. The van der Waals surface area contributed by atoms with Crippen LogP contribution < -0.4 is 0 Å². The third-order valence-corrected chi connectivity index (χ3v) is 4.11. The topological polar surface area (TPSA) is 89.4 Å². The maximum absolute atomic E-state index is 10.9. The van der Waals surface area contributed by atoms with E-state index >= 15 is 0 Å². The highest BCUT2D eigenvalue weighted by atomic mass is 16.4. The van der Waals surface area contributed by atoms with Gasteiger partial charge in [-0.05, 0) is 55.3 Å². The van der Waals surface area contributed by atoms with E-state index in [2.05, 4.69) is 10.2 Å². The maximum atomic E-state index is 10.9. The van der Waals surface area contributed by atoms with Gasteiger partial charge in [0.2, 0.25) is 5.89 Å². The van der Waals surface area contributed by atoms with Gasteiger partial charge in [-0.1, -0.05) is 12.1 Å². The van der Waals surface area contributed by atoms with E-state index in [9.17, 15) is 4.79 Å². The number of carboxylic acids is 1. The van der Waals surface area contributed by atoms with Crippen molar-refractivity contribution in [2.75, 3.05) is 0 Å². The number of rotatable bonds is 3. The predicted octanol–water partition coefficient (Wildman–Crippen LogP) is 4.46. The van der Waals surface area contributed by atoms with Gasteiger partial charge in [-0.2, -0.15) is 0 Å². The van der Waals surface area contributed by atoms with Gasteiger partial charge in [-0.25, -0.2) is 4.79 Å². The lowest BCUT2D eigenvalue weighted by Crippen LogP contribution is -1.94. The zero-order valence-corrected chi connectivity index (χ0v) is 13.6. The summed E-state index contributed by atoms with van der Waals surface area (Å²) < 4.78 is 11.6. The van der Waals surface area contributed by atoms with Crippen molar-refractivity contribution in [2.24, 2.45) is 0 Å². The number of aryl methyl sites for hydroxylation is 2. The first kappa shape index (κ1) is 15.1. The van der Waals surface area contributed by atoms with Crippen LogP contribution in [0.15, 0.2) is 51.3 Å². The number of carbonyl (C=O) groups is 1. The Labute approximate surface area is 142 Å². The molecule has 0 bridgehead atoms. The van der Waals surface area contributed by atoms with Gasteiger partial charge in [0.25, 0.3) is 5.89 Å². The molecule has 0 radical (unpaired) electrons. The molecule has 2 aromatic carbocycles. The monoisotopic (exact) mass is 334 g/mol. The van der Waals surface area contributed by atoms with Gasteiger partial charge < -0.3 is 13.9 Å². The molecule has 2 heterocycles. The summed E-state index contributed by atoms with van der Waals surface area (Å²) in [6.45, 7) is 4.00. The van der Waals surface area contributed by atoms with Crippen LogP contribution >= 0.6 is 0 Å². The van der Waals surface area contributed by atoms with E-state index in [1.165, 1.54) is 12.1 Å². The number of hydrogen-bond acceptors (Lipinski definition) is 5. The minimum atomic E-state index is -0.981. The Bertz CT molecular complexity index is 1050. The third-order valence-electron chi connectivity index (χ3n) is 4.11. The molecular weight excluding hydrogens is 320 g/mol. The molecule has 0 saturated heterocycles. The fraction of sp³-hybridized carbons (Fsp3) is 0.105. The third kappa shape index (κ3) is 2.57. The normalized spacial score (nSPS) is 11.1. The van der Waals surface area contributed by atoms with Gasteiger partial charge in [0.15, 0.2) is 5.76 Å². The second-order valence-corrected chi connectivity index (χ2v) is 5.85. The van der Waals surface area contributed by atoms with Crippen molar-refractivity contribution in [3.05, 3.63) is 59.2 Å². The van der Waals surface area contributed by atoms with Gasteiger partial charge in [-0.3, -0.25) is 0 Å². The molecule has 0 amide bonds. The molecular formula is C19H14N2O4. The first-order chi connectivity index (χ1) is 12.0. The Kier molecular flexibility index (Phi) is 3.39. The highest BCUT2D eigenvalue weighted by molar-refractivity contribution is 5.88. The molecule has 0 atom stereocenters. The van der Waals surface area contributed by atoms with Crippen molar-refractivity contribution in [1.29, 1.82) is 0 Å². The molecule has 0 unspecified atom stereocenters. The summed E-state index contributed by atoms with van der Waals surface area (Å²) in [5.41, 5.74) is 3.80. The SMILES string of the molecule is Cc1ccc(C)c2oc(-c3nnc(-c4ccc(C(=O)O)cc4)o3)cc12.